The van der Waals surface area contributed by atoms with E-state index in [-0.39, 0.29) is 41.4 Å². The summed E-state index contributed by atoms with van der Waals surface area (Å²) in [6.07, 6.45) is 0.146. The van der Waals surface area contributed by atoms with E-state index in [1.807, 2.05) is 0 Å². The fourth-order valence-electron chi connectivity index (χ4n) is 3.31. The molecule has 0 fully saturated rings. The highest BCUT2D eigenvalue weighted by Gasteiger charge is 2.24. The van der Waals surface area contributed by atoms with Crippen LogP contribution in [0.5, 0.6) is 0 Å². The van der Waals surface area contributed by atoms with Gasteiger partial charge >= 0.3 is 12.5 Å². The molecular formula is C22H17F4N3O3. The SMILES string of the molecule is CC(OC(=O)CCc1ncc(-c2ccc(F)cc2F)o1)c1nc2ccccc2n1C(F)F. The van der Waals surface area contributed by atoms with E-state index in [0.717, 1.165) is 16.7 Å². The van der Waals surface area contributed by atoms with Gasteiger partial charge in [0.2, 0.25) is 0 Å². The number of carbonyl (C=O) groups excluding carboxylic acids is 1. The number of halogens is 4. The Balaban J connectivity index is 1.41. The largest absolute Gasteiger partial charge is 0.454 e. The van der Waals surface area contributed by atoms with E-state index in [1.54, 1.807) is 18.2 Å². The first-order chi connectivity index (χ1) is 15.3. The molecule has 166 valence electrons. The fraction of sp³-hybridized carbons (Fsp3) is 0.227. The van der Waals surface area contributed by atoms with Crippen molar-refractivity contribution in [2.24, 2.45) is 0 Å². The van der Waals surface area contributed by atoms with Gasteiger partial charge in [-0.05, 0) is 31.2 Å². The molecular weight excluding hydrogens is 430 g/mol. The first kappa shape index (κ1) is 21.5. The summed E-state index contributed by atoms with van der Waals surface area (Å²) in [6, 6.07) is 9.43. The molecule has 10 heteroatoms. The Morgan fingerprint density at radius 2 is 1.97 bits per heavy atom. The van der Waals surface area contributed by atoms with Crippen molar-refractivity contribution in [3.05, 3.63) is 72.0 Å². The molecule has 0 saturated carbocycles. The van der Waals surface area contributed by atoms with Crippen LogP contribution in [0, 0.1) is 11.6 Å². The van der Waals surface area contributed by atoms with Gasteiger partial charge in [-0.15, -0.1) is 0 Å². The topological polar surface area (TPSA) is 70.2 Å². The number of alkyl halides is 2. The maximum absolute atomic E-state index is 13.9. The summed E-state index contributed by atoms with van der Waals surface area (Å²) in [7, 11) is 0. The van der Waals surface area contributed by atoms with Gasteiger partial charge in [0.15, 0.2) is 23.6 Å². The molecule has 2 aromatic heterocycles. The Morgan fingerprint density at radius 1 is 1.19 bits per heavy atom. The average molecular weight is 447 g/mol. The number of benzene rings is 2. The summed E-state index contributed by atoms with van der Waals surface area (Å²) in [5.74, 6) is -2.03. The third kappa shape index (κ3) is 4.34. The number of imidazole rings is 1. The van der Waals surface area contributed by atoms with Crippen molar-refractivity contribution in [1.29, 1.82) is 0 Å². The van der Waals surface area contributed by atoms with Gasteiger partial charge in [0.1, 0.15) is 11.6 Å². The predicted octanol–water partition coefficient (Wildman–Crippen LogP) is 5.60. The van der Waals surface area contributed by atoms with Crippen molar-refractivity contribution in [3.8, 4) is 11.3 Å². The van der Waals surface area contributed by atoms with Crippen molar-refractivity contribution >= 4 is 17.0 Å². The number of aryl methyl sites for hydroxylation is 1. The smallest absolute Gasteiger partial charge is 0.320 e. The Bertz CT molecular complexity index is 1270. The molecule has 1 unspecified atom stereocenters. The quantitative estimate of drug-likeness (QED) is 0.272. The Hall–Kier alpha value is -3.69. The molecule has 1 atom stereocenters. The van der Waals surface area contributed by atoms with Crippen LogP contribution in [0.4, 0.5) is 17.6 Å². The van der Waals surface area contributed by atoms with E-state index >= 15 is 0 Å². The Labute approximate surface area is 179 Å². The van der Waals surface area contributed by atoms with Crippen molar-refractivity contribution < 1.29 is 31.5 Å². The number of esters is 1. The monoisotopic (exact) mass is 447 g/mol. The molecule has 2 aromatic carbocycles. The molecule has 0 N–H and O–H groups in total. The fourth-order valence-corrected chi connectivity index (χ4v) is 3.31. The van der Waals surface area contributed by atoms with Gasteiger partial charge < -0.3 is 9.15 Å². The lowest BCUT2D eigenvalue weighted by molar-refractivity contribution is -0.149. The van der Waals surface area contributed by atoms with Crippen LogP contribution in [0.15, 0.2) is 53.1 Å². The zero-order valence-electron chi connectivity index (χ0n) is 16.8. The molecule has 4 rings (SSSR count). The van der Waals surface area contributed by atoms with Gasteiger partial charge in [-0.2, -0.15) is 8.78 Å². The lowest BCUT2D eigenvalue weighted by atomic mass is 10.2. The van der Waals surface area contributed by atoms with E-state index in [9.17, 15) is 22.4 Å². The minimum Gasteiger partial charge on any atom is -0.454 e. The van der Waals surface area contributed by atoms with Crippen molar-refractivity contribution in [2.45, 2.75) is 32.4 Å². The molecule has 0 amide bonds. The molecule has 2 heterocycles. The molecule has 0 bridgehead atoms. The summed E-state index contributed by atoms with van der Waals surface area (Å²) in [5.41, 5.74) is 0.638. The van der Waals surface area contributed by atoms with Gasteiger partial charge in [0.05, 0.1) is 29.2 Å². The number of ether oxygens (including phenoxy) is 1. The van der Waals surface area contributed by atoms with Crippen LogP contribution in [0.25, 0.3) is 22.4 Å². The van der Waals surface area contributed by atoms with Crippen molar-refractivity contribution in [2.75, 3.05) is 0 Å². The molecule has 0 saturated heterocycles. The normalized spacial score (nSPS) is 12.4. The number of fused-ring (bicyclic) bond motifs is 1. The molecule has 0 aliphatic rings. The van der Waals surface area contributed by atoms with Crippen LogP contribution in [-0.2, 0) is 16.0 Å². The van der Waals surface area contributed by atoms with Crippen LogP contribution in [0.2, 0.25) is 0 Å². The zero-order valence-corrected chi connectivity index (χ0v) is 16.8. The number of rotatable bonds is 7. The molecule has 4 aromatic rings. The summed E-state index contributed by atoms with van der Waals surface area (Å²) in [4.78, 5) is 20.4. The molecule has 0 spiro atoms. The number of carbonyl (C=O) groups is 1. The van der Waals surface area contributed by atoms with Crippen LogP contribution in [0.1, 0.15) is 37.7 Å². The number of aromatic nitrogens is 3. The highest BCUT2D eigenvalue weighted by molar-refractivity contribution is 5.76. The lowest BCUT2D eigenvalue weighted by Gasteiger charge is -2.15. The van der Waals surface area contributed by atoms with E-state index < -0.39 is 30.3 Å². The minimum atomic E-state index is -2.85. The van der Waals surface area contributed by atoms with E-state index in [4.69, 9.17) is 9.15 Å². The van der Waals surface area contributed by atoms with Gasteiger partial charge in [0, 0.05) is 12.5 Å². The Kier molecular flexibility index (Phi) is 5.93. The third-order valence-corrected chi connectivity index (χ3v) is 4.78. The summed E-state index contributed by atoms with van der Waals surface area (Å²) < 4.78 is 65.5. The predicted molar refractivity (Wildman–Crippen MR) is 106 cm³/mol. The minimum absolute atomic E-state index is 0.0345. The van der Waals surface area contributed by atoms with E-state index in [0.29, 0.717) is 5.52 Å². The summed E-state index contributed by atoms with van der Waals surface area (Å²) >= 11 is 0. The molecule has 0 aliphatic carbocycles. The van der Waals surface area contributed by atoms with Crippen LogP contribution in [-0.4, -0.2) is 20.5 Å². The first-order valence-electron chi connectivity index (χ1n) is 9.68. The standard InChI is InChI=1S/C22H17F4N3O3/c1-12(21-28-16-4-2-3-5-17(16)29(21)22(25)26)31-20(30)9-8-19-27-11-18(32-19)14-7-6-13(23)10-15(14)24/h2-7,10-12,22H,8-9H2,1H3. The number of nitrogens with zero attached hydrogens (tertiary/aromatic N) is 3. The number of para-hydroxylation sites is 2. The van der Waals surface area contributed by atoms with Crippen molar-refractivity contribution in [3.63, 3.8) is 0 Å². The van der Waals surface area contributed by atoms with E-state index in [2.05, 4.69) is 9.97 Å². The molecule has 0 aliphatic heterocycles. The second-order valence-corrected chi connectivity index (χ2v) is 6.98. The summed E-state index contributed by atoms with van der Waals surface area (Å²) in [5, 5.41) is 0. The molecule has 32 heavy (non-hydrogen) atoms. The Morgan fingerprint density at radius 3 is 2.72 bits per heavy atom. The van der Waals surface area contributed by atoms with E-state index in [1.165, 1.54) is 25.3 Å². The number of hydrogen-bond donors (Lipinski definition) is 0. The van der Waals surface area contributed by atoms with Crippen molar-refractivity contribution in [1.82, 2.24) is 14.5 Å². The molecule has 0 radical (unpaired) electrons. The van der Waals surface area contributed by atoms with Crippen LogP contribution in [0.3, 0.4) is 0 Å². The number of oxazole rings is 1. The second-order valence-electron chi connectivity index (χ2n) is 6.98. The van der Waals surface area contributed by atoms with Crippen LogP contribution < -0.4 is 0 Å². The van der Waals surface area contributed by atoms with Gasteiger partial charge in [-0.1, -0.05) is 12.1 Å². The zero-order chi connectivity index (χ0) is 22.8. The third-order valence-electron chi connectivity index (χ3n) is 4.78. The maximum Gasteiger partial charge on any atom is 0.320 e. The maximum atomic E-state index is 13.9. The van der Waals surface area contributed by atoms with Crippen LogP contribution >= 0.6 is 0 Å². The first-order valence-corrected chi connectivity index (χ1v) is 9.68. The molecule has 6 nitrogen and oxygen atoms in total. The second kappa shape index (κ2) is 8.81. The highest BCUT2D eigenvalue weighted by atomic mass is 19.3. The highest BCUT2D eigenvalue weighted by Crippen LogP contribution is 2.29. The average Bonchev–Trinajstić information content (AvgIpc) is 3.37. The number of hydrogen-bond acceptors (Lipinski definition) is 5. The summed E-state index contributed by atoms with van der Waals surface area (Å²) in [6.45, 7) is -1.39. The van der Waals surface area contributed by atoms with Gasteiger partial charge in [-0.3, -0.25) is 9.36 Å². The lowest BCUT2D eigenvalue weighted by Crippen LogP contribution is -2.15. The van der Waals surface area contributed by atoms with Gasteiger partial charge in [0.25, 0.3) is 0 Å². The van der Waals surface area contributed by atoms with Gasteiger partial charge in [-0.25, -0.2) is 18.7 Å².